The van der Waals surface area contributed by atoms with Crippen LogP contribution in [-0.2, 0) is 10.3 Å². The van der Waals surface area contributed by atoms with E-state index in [9.17, 15) is 9.90 Å². The molecular weight excluding hydrogens is 246 g/mol. The molecule has 7 nitrogen and oxygen atoms in total. The summed E-state index contributed by atoms with van der Waals surface area (Å²) in [6.07, 6.45) is 3.71. The van der Waals surface area contributed by atoms with E-state index in [2.05, 4.69) is 20.5 Å². The summed E-state index contributed by atoms with van der Waals surface area (Å²) in [7, 11) is 0. The van der Waals surface area contributed by atoms with Gasteiger partial charge in [0, 0.05) is 18.0 Å². The predicted molar refractivity (Wildman–Crippen MR) is 67.4 cm³/mol. The Kier molecular flexibility index (Phi) is 3.28. The number of carboxylic acid groups (broad SMARTS) is 1. The van der Waals surface area contributed by atoms with E-state index in [0.717, 1.165) is 5.56 Å². The summed E-state index contributed by atoms with van der Waals surface area (Å²) in [5.74, 6) is -0.563. The summed E-state index contributed by atoms with van der Waals surface area (Å²) in [5.41, 5.74) is 0.481. The summed E-state index contributed by atoms with van der Waals surface area (Å²) in [4.78, 5) is 15.5. The third kappa shape index (κ3) is 2.18. The van der Waals surface area contributed by atoms with Gasteiger partial charge in [-0.2, -0.15) is 0 Å². The first kappa shape index (κ1) is 13.1. The minimum absolute atomic E-state index is 0.375. The Bertz CT molecular complexity index is 610. The van der Waals surface area contributed by atoms with Gasteiger partial charge in [0.15, 0.2) is 11.4 Å². The van der Waals surface area contributed by atoms with E-state index in [1.54, 1.807) is 26.2 Å². The highest BCUT2D eigenvalue weighted by Gasteiger charge is 2.37. The first-order chi connectivity index (χ1) is 8.99. The first-order valence-electron chi connectivity index (χ1n) is 5.93. The van der Waals surface area contributed by atoms with Crippen LogP contribution in [0.15, 0.2) is 18.5 Å². The number of tetrazole rings is 1. The van der Waals surface area contributed by atoms with Crippen LogP contribution in [-0.4, -0.2) is 36.3 Å². The Morgan fingerprint density at radius 2 is 2.21 bits per heavy atom. The Morgan fingerprint density at radius 1 is 1.47 bits per heavy atom. The summed E-state index contributed by atoms with van der Waals surface area (Å²) >= 11 is 0. The molecule has 0 fully saturated rings. The molecule has 0 saturated heterocycles. The van der Waals surface area contributed by atoms with Gasteiger partial charge in [0.05, 0.1) is 0 Å². The Balaban J connectivity index is 2.57. The van der Waals surface area contributed by atoms with Crippen LogP contribution in [0.1, 0.15) is 25.8 Å². The lowest BCUT2D eigenvalue weighted by Crippen LogP contribution is -2.39. The molecule has 1 atom stereocenters. The zero-order valence-corrected chi connectivity index (χ0v) is 11.0. The lowest BCUT2D eigenvalue weighted by atomic mass is 9.99. The van der Waals surface area contributed by atoms with Crippen LogP contribution < -0.4 is 0 Å². The maximum atomic E-state index is 11.5. The van der Waals surface area contributed by atoms with Gasteiger partial charge in [0.1, 0.15) is 0 Å². The van der Waals surface area contributed by atoms with Gasteiger partial charge in [-0.05, 0) is 42.3 Å². The van der Waals surface area contributed by atoms with Gasteiger partial charge in [-0.25, -0.2) is 9.48 Å². The minimum atomic E-state index is -1.18. The van der Waals surface area contributed by atoms with Crippen molar-refractivity contribution >= 4 is 5.97 Å². The van der Waals surface area contributed by atoms with Gasteiger partial charge in [-0.15, -0.1) is 5.10 Å². The van der Waals surface area contributed by atoms with Crippen LogP contribution in [0.4, 0.5) is 0 Å². The molecule has 0 radical (unpaired) electrons. The Morgan fingerprint density at radius 3 is 2.79 bits per heavy atom. The van der Waals surface area contributed by atoms with Crippen molar-refractivity contribution in [2.45, 2.75) is 32.7 Å². The summed E-state index contributed by atoms with van der Waals surface area (Å²) in [6, 6.07) is 1.87. The first-order valence-corrected chi connectivity index (χ1v) is 5.93. The van der Waals surface area contributed by atoms with Crippen molar-refractivity contribution in [3.63, 3.8) is 0 Å². The molecule has 0 aromatic carbocycles. The molecule has 0 bridgehead atoms. The topological polar surface area (TPSA) is 93.8 Å². The summed E-state index contributed by atoms with van der Waals surface area (Å²) < 4.78 is 1.34. The maximum Gasteiger partial charge on any atom is 0.331 e. The van der Waals surface area contributed by atoms with Crippen LogP contribution in [0.25, 0.3) is 11.4 Å². The van der Waals surface area contributed by atoms with E-state index in [1.807, 2.05) is 13.0 Å². The monoisotopic (exact) mass is 261 g/mol. The molecule has 2 aromatic rings. The van der Waals surface area contributed by atoms with Crippen LogP contribution >= 0.6 is 0 Å². The third-order valence-corrected chi connectivity index (χ3v) is 3.22. The number of aryl methyl sites for hydroxylation is 1. The quantitative estimate of drug-likeness (QED) is 0.890. The lowest BCUT2D eigenvalue weighted by molar-refractivity contribution is -0.147. The van der Waals surface area contributed by atoms with E-state index in [4.69, 9.17) is 0 Å². The van der Waals surface area contributed by atoms with Crippen molar-refractivity contribution in [1.82, 2.24) is 25.2 Å². The second-order valence-electron chi connectivity index (χ2n) is 4.60. The molecule has 0 aliphatic carbocycles. The van der Waals surface area contributed by atoms with E-state index in [0.29, 0.717) is 17.8 Å². The van der Waals surface area contributed by atoms with E-state index < -0.39 is 11.5 Å². The van der Waals surface area contributed by atoms with Crippen molar-refractivity contribution in [3.05, 3.63) is 24.0 Å². The molecule has 19 heavy (non-hydrogen) atoms. The number of aromatic nitrogens is 5. The van der Waals surface area contributed by atoms with Crippen LogP contribution in [0.5, 0.6) is 0 Å². The molecule has 7 heteroatoms. The average Bonchev–Trinajstić information content (AvgIpc) is 2.87. The summed E-state index contributed by atoms with van der Waals surface area (Å²) in [5, 5.41) is 20.8. The van der Waals surface area contributed by atoms with Gasteiger partial charge in [0.25, 0.3) is 0 Å². The van der Waals surface area contributed by atoms with E-state index in [1.165, 1.54) is 4.68 Å². The van der Waals surface area contributed by atoms with Crippen LogP contribution in [0.2, 0.25) is 0 Å². The number of rotatable bonds is 4. The predicted octanol–water partition coefficient (Wildman–Crippen LogP) is 1.25. The normalized spacial score (nSPS) is 14.1. The van der Waals surface area contributed by atoms with Gasteiger partial charge in [-0.1, -0.05) is 6.92 Å². The summed E-state index contributed by atoms with van der Waals surface area (Å²) in [6.45, 7) is 5.29. The number of nitrogens with zero attached hydrogens (tertiary/aromatic N) is 5. The van der Waals surface area contributed by atoms with Gasteiger partial charge in [0.2, 0.25) is 0 Å². The zero-order valence-electron chi connectivity index (χ0n) is 11.0. The second-order valence-corrected chi connectivity index (χ2v) is 4.60. The molecular formula is C12H15N5O2. The fraction of sp³-hybridized carbons (Fsp3) is 0.417. The fourth-order valence-corrected chi connectivity index (χ4v) is 1.77. The standard InChI is InChI=1S/C12H15N5O2/c1-4-12(3,11(18)19)17-10(14-15-16-17)9-5-8(2)6-13-7-9/h5-7H,4H2,1-3H3,(H,18,19). The molecule has 1 N–H and O–H groups in total. The van der Waals surface area contributed by atoms with Crippen molar-refractivity contribution in [2.24, 2.45) is 0 Å². The zero-order chi connectivity index (χ0) is 14.0. The molecule has 2 heterocycles. The van der Waals surface area contributed by atoms with Gasteiger partial charge >= 0.3 is 5.97 Å². The molecule has 0 amide bonds. The molecule has 0 aliphatic heterocycles. The average molecular weight is 261 g/mol. The number of carboxylic acids is 1. The molecule has 2 rings (SSSR count). The lowest BCUT2D eigenvalue weighted by Gasteiger charge is -2.23. The van der Waals surface area contributed by atoms with Crippen molar-refractivity contribution < 1.29 is 9.90 Å². The highest BCUT2D eigenvalue weighted by molar-refractivity contribution is 5.77. The molecule has 0 saturated carbocycles. The second kappa shape index (κ2) is 4.75. The third-order valence-electron chi connectivity index (χ3n) is 3.22. The molecule has 0 spiro atoms. The van der Waals surface area contributed by atoms with E-state index >= 15 is 0 Å². The largest absolute Gasteiger partial charge is 0.479 e. The highest BCUT2D eigenvalue weighted by Crippen LogP contribution is 2.25. The maximum absolute atomic E-state index is 11.5. The van der Waals surface area contributed by atoms with Gasteiger partial charge in [-0.3, -0.25) is 4.98 Å². The number of hydrogen-bond acceptors (Lipinski definition) is 5. The van der Waals surface area contributed by atoms with Crippen molar-refractivity contribution in [2.75, 3.05) is 0 Å². The SMILES string of the molecule is CCC(C)(C(=O)O)n1nnnc1-c1cncc(C)c1. The minimum Gasteiger partial charge on any atom is -0.479 e. The number of pyridine rings is 1. The number of carbonyl (C=O) groups is 1. The van der Waals surface area contributed by atoms with Crippen LogP contribution in [0, 0.1) is 6.92 Å². The van der Waals surface area contributed by atoms with E-state index in [-0.39, 0.29) is 0 Å². The van der Waals surface area contributed by atoms with Crippen molar-refractivity contribution in [1.29, 1.82) is 0 Å². The Labute approximate surface area is 110 Å². The highest BCUT2D eigenvalue weighted by atomic mass is 16.4. The van der Waals surface area contributed by atoms with Crippen molar-refractivity contribution in [3.8, 4) is 11.4 Å². The molecule has 1 unspecified atom stereocenters. The fourth-order valence-electron chi connectivity index (χ4n) is 1.77. The van der Waals surface area contributed by atoms with Crippen LogP contribution in [0.3, 0.4) is 0 Å². The number of aliphatic carboxylic acids is 1. The van der Waals surface area contributed by atoms with Gasteiger partial charge < -0.3 is 5.11 Å². The molecule has 100 valence electrons. The smallest absolute Gasteiger partial charge is 0.331 e. The molecule has 2 aromatic heterocycles. The Hall–Kier alpha value is -2.31. The number of hydrogen-bond donors (Lipinski definition) is 1. The molecule has 0 aliphatic rings.